The van der Waals surface area contributed by atoms with Crippen LogP contribution >= 0.6 is 0 Å². The van der Waals surface area contributed by atoms with Crippen molar-refractivity contribution in [3.63, 3.8) is 0 Å². The van der Waals surface area contributed by atoms with Gasteiger partial charge in [0.1, 0.15) is 0 Å². The van der Waals surface area contributed by atoms with Crippen LogP contribution in [0.3, 0.4) is 0 Å². The minimum absolute atomic E-state index is 0.122. The van der Waals surface area contributed by atoms with Crippen LogP contribution in [0, 0.1) is 18.6 Å². The van der Waals surface area contributed by atoms with Crippen LogP contribution in [0.1, 0.15) is 29.4 Å². The van der Waals surface area contributed by atoms with Gasteiger partial charge in [-0.1, -0.05) is 0 Å². The monoisotopic (exact) mass is 674 g/mol. The molecule has 0 atom stereocenters. The van der Waals surface area contributed by atoms with Gasteiger partial charge in [0, 0.05) is 0 Å². The van der Waals surface area contributed by atoms with E-state index in [1.165, 1.54) is 15.6 Å². The Bertz CT molecular complexity index is 1710. The van der Waals surface area contributed by atoms with Crippen molar-refractivity contribution in [1.29, 1.82) is 0 Å². The minimum atomic E-state index is -0.126. The third-order valence-corrected chi connectivity index (χ3v) is 11.2. The van der Waals surface area contributed by atoms with Crippen molar-refractivity contribution in [2.24, 2.45) is 0 Å². The van der Waals surface area contributed by atoms with E-state index in [4.69, 9.17) is 0 Å². The van der Waals surface area contributed by atoms with Crippen molar-refractivity contribution in [2.45, 2.75) is 33.6 Å². The van der Waals surface area contributed by atoms with Gasteiger partial charge in [0.05, 0.1) is 0 Å². The molecule has 0 spiro atoms. The molecule has 0 saturated heterocycles. The van der Waals surface area contributed by atoms with Gasteiger partial charge in [0.2, 0.25) is 0 Å². The summed E-state index contributed by atoms with van der Waals surface area (Å²) in [7, 11) is 0. The molecule has 0 amide bonds. The molecule has 4 heteroatoms. The molecule has 41 heavy (non-hydrogen) atoms. The van der Waals surface area contributed by atoms with Crippen molar-refractivity contribution >= 4 is 29.0 Å². The number of benzene rings is 4. The van der Waals surface area contributed by atoms with Gasteiger partial charge in [0.15, 0.2) is 0 Å². The Morgan fingerprint density at radius 1 is 0.537 bits per heavy atom. The summed E-state index contributed by atoms with van der Waals surface area (Å²) >= 11 is 0.538. The van der Waals surface area contributed by atoms with Gasteiger partial charge in [-0.25, -0.2) is 0 Å². The first kappa shape index (κ1) is 29.2. The van der Waals surface area contributed by atoms with Crippen molar-refractivity contribution in [2.75, 3.05) is 0 Å². The fourth-order valence-corrected chi connectivity index (χ4v) is 8.12. The number of rotatable bonds is 6. The average molecular weight is 673 g/mol. The first-order chi connectivity index (χ1) is 19.9. The SMILES string of the molecule is CCc1ccc(-c2ccc(-c3ccc(C)[se]3)c(F)c2)cc1.CCc1ccc(-c2ccc(-c3ccc[se]3)c(F)c2)cc1. The second-order valence-electron chi connectivity index (χ2n) is 9.88. The van der Waals surface area contributed by atoms with Crippen molar-refractivity contribution in [3.05, 3.63) is 141 Å². The quantitative estimate of drug-likeness (QED) is 0.155. The molecule has 206 valence electrons. The second-order valence-corrected chi connectivity index (χ2v) is 14.6. The number of aryl methyl sites for hydroxylation is 3. The molecule has 0 N–H and O–H groups in total. The Labute approximate surface area is 253 Å². The van der Waals surface area contributed by atoms with Crippen LogP contribution in [0.25, 0.3) is 42.3 Å². The van der Waals surface area contributed by atoms with Crippen molar-refractivity contribution in [1.82, 2.24) is 0 Å². The predicted octanol–water partition coefficient (Wildman–Crippen LogP) is 9.87. The van der Waals surface area contributed by atoms with Gasteiger partial charge < -0.3 is 0 Å². The van der Waals surface area contributed by atoms with Crippen LogP contribution < -0.4 is 0 Å². The van der Waals surface area contributed by atoms with Crippen LogP contribution in [0.2, 0.25) is 0 Å². The Kier molecular flexibility index (Phi) is 9.70. The van der Waals surface area contributed by atoms with Gasteiger partial charge in [-0.3, -0.25) is 0 Å². The average Bonchev–Trinajstić information content (AvgIpc) is 3.70. The standard InChI is InChI=1S/C19H17FSe.C18H15FSe/c1-3-14-5-7-15(8-6-14)16-9-10-17(18(20)12-16)19-11-4-13(2)21-19;1-2-13-5-7-14(8-6-13)15-9-10-16(17(19)12-15)18-4-3-11-20-18/h4-12H,3H2,1-2H3;3-12H,2H2,1H3. The molecule has 0 unspecified atom stereocenters. The molecule has 6 rings (SSSR count). The zero-order valence-electron chi connectivity index (χ0n) is 23.5. The molecular weight excluding hydrogens is 640 g/mol. The Morgan fingerprint density at radius 2 is 1.02 bits per heavy atom. The zero-order valence-corrected chi connectivity index (χ0v) is 26.9. The van der Waals surface area contributed by atoms with Crippen molar-refractivity contribution < 1.29 is 8.78 Å². The van der Waals surface area contributed by atoms with E-state index in [0.29, 0.717) is 0 Å². The van der Waals surface area contributed by atoms with Crippen LogP contribution in [-0.2, 0) is 12.8 Å². The molecule has 0 saturated carbocycles. The van der Waals surface area contributed by atoms with Gasteiger partial charge in [-0.15, -0.1) is 0 Å². The summed E-state index contributed by atoms with van der Waals surface area (Å²) in [5, 5.41) is 0. The fraction of sp³-hybridized carbons (Fsp3) is 0.135. The normalized spacial score (nSPS) is 10.8. The molecule has 0 radical (unpaired) electrons. The van der Waals surface area contributed by atoms with Crippen molar-refractivity contribution in [3.8, 4) is 42.3 Å². The molecule has 0 aliphatic heterocycles. The molecule has 0 nitrogen and oxygen atoms in total. The van der Waals surface area contributed by atoms with Crippen LogP contribution in [0.5, 0.6) is 0 Å². The Balaban J connectivity index is 0.000000165. The molecule has 6 aromatic rings. The van der Waals surface area contributed by atoms with Crippen LogP contribution in [0.4, 0.5) is 8.78 Å². The maximum atomic E-state index is 14.4. The maximum absolute atomic E-state index is 14.4. The Hall–Kier alpha value is -3.26. The van der Waals surface area contributed by atoms with E-state index in [1.54, 1.807) is 12.1 Å². The van der Waals surface area contributed by atoms with E-state index in [9.17, 15) is 8.78 Å². The summed E-state index contributed by atoms with van der Waals surface area (Å²) in [6.45, 7) is 6.37. The summed E-state index contributed by atoms with van der Waals surface area (Å²) < 4.78 is 32.3. The van der Waals surface area contributed by atoms with Gasteiger partial charge in [-0.2, -0.15) is 0 Å². The molecule has 0 aliphatic rings. The topological polar surface area (TPSA) is 0 Å². The van der Waals surface area contributed by atoms with Gasteiger partial charge >= 0.3 is 255 Å². The summed E-state index contributed by atoms with van der Waals surface area (Å²) in [6, 6.07) is 36.0. The first-order valence-corrected chi connectivity index (χ1v) is 17.4. The third-order valence-electron chi connectivity index (χ3n) is 7.12. The number of hydrogen-bond donors (Lipinski definition) is 0. The molecular formula is C37H32F2Se2. The summed E-state index contributed by atoms with van der Waals surface area (Å²) in [5.41, 5.74) is 8.10. The first-order valence-electron chi connectivity index (χ1n) is 13.8. The van der Waals surface area contributed by atoms with Crippen LogP contribution in [-0.4, -0.2) is 29.0 Å². The van der Waals surface area contributed by atoms with E-state index >= 15 is 0 Å². The van der Waals surface area contributed by atoms with Gasteiger partial charge in [-0.05, 0) is 0 Å². The molecule has 0 aliphatic carbocycles. The van der Waals surface area contributed by atoms with Crippen LogP contribution in [0.15, 0.2) is 114 Å². The summed E-state index contributed by atoms with van der Waals surface area (Å²) in [6.07, 6.45) is 2.05. The van der Waals surface area contributed by atoms with E-state index in [0.717, 1.165) is 55.1 Å². The van der Waals surface area contributed by atoms with E-state index in [2.05, 4.69) is 80.3 Å². The van der Waals surface area contributed by atoms with E-state index in [1.807, 2.05) is 42.5 Å². The molecule has 0 fully saturated rings. The molecule has 2 heterocycles. The third kappa shape index (κ3) is 7.15. The fourth-order valence-electron chi connectivity index (χ4n) is 4.67. The summed E-state index contributed by atoms with van der Waals surface area (Å²) in [5.74, 6) is -0.248. The summed E-state index contributed by atoms with van der Waals surface area (Å²) in [4.78, 5) is 2.11. The molecule has 0 bridgehead atoms. The second kappa shape index (κ2) is 13.6. The predicted molar refractivity (Wildman–Crippen MR) is 172 cm³/mol. The number of halogens is 2. The molecule has 4 aromatic carbocycles. The molecule has 2 aromatic heterocycles. The number of hydrogen-bond acceptors (Lipinski definition) is 0. The zero-order chi connectivity index (χ0) is 28.8. The van der Waals surface area contributed by atoms with E-state index in [-0.39, 0.29) is 40.6 Å². The Morgan fingerprint density at radius 3 is 1.41 bits per heavy atom. The van der Waals surface area contributed by atoms with Gasteiger partial charge in [0.25, 0.3) is 0 Å². The van der Waals surface area contributed by atoms with E-state index < -0.39 is 0 Å².